The van der Waals surface area contributed by atoms with E-state index in [-0.39, 0.29) is 12.2 Å². The highest BCUT2D eigenvalue weighted by molar-refractivity contribution is 5.67. The van der Waals surface area contributed by atoms with E-state index in [9.17, 15) is 4.79 Å². The van der Waals surface area contributed by atoms with Crippen molar-refractivity contribution in [1.82, 2.24) is 10.2 Å². The molecule has 2 heterocycles. The number of carbonyl (C=O) groups excluding carboxylic acids is 1. The molecule has 0 unspecified atom stereocenters. The fourth-order valence-electron chi connectivity index (χ4n) is 2.14. The van der Waals surface area contributed by atoms with Crippen molar-refractivity contribution in [2.75, 3.05) is 52.6 Å². The highest BCUT2D eigenvalue weighted by atomic mass is 16.6. The molecule has 1 atom stereocenters. The van der Waals surface area contributed by atoms with Crippen molar-refractivity contribution in [2.24, 2.45) is 0 Å². The van der Waals surface area contributed by atoms with Gasteiger partial charge < -0.3 is 24.4 Å². The minimum atomic E-state index is -0.260. The van der Waals surface area contributed by atoms with Crippen LogP contribution in [0.1, 0.15) is 12.8 Å². The van der Waals surface area contributed by atoms with Crippen molar-refractivity contribution < 1.29 is 19.0 Å². The molecular formula is C12H22N2O4. The molecule has 0 aliphatic carbocycles. The molecule has 0 radical (unpaired) electrons. The molecule has 0 spiro atoms. The predicted octanol–water partition coefficient (Wildman–Crippen LogP) is 0.224. The van der Waals surface area contributed by atoms with Gasteiger partial charge in [-0.1, -0.05) is 0 Å². The molecule has 0 bridgehead atoms. The third-order valence-electron chi connectivity index (χ3n) is 3.18. The largest absolute Gasteiger partial charge is 0.447 e. The zero-order valence-corrected chi connectivity index (χ0v) is 10.7. The van der Waals surface area contributed by atoms with Gasteiger partial charge >= 0.3 is 6.09 Å². The number of hydrogen-bond acceptors (Lipinski definition) is 5. The summed E-state index contributed by atoms with van der Waals surface area (Å²) in [6, 6.07) is 0. The Balaban J connectivity index is 1.52. The Morgan fingerprint density at radius 3 is 2.89 bits per heavy atom. The zero-order chi connectivity index (χ0) is 12.6. The second-order valence-corrected chi connectivity index (χ2v) is 4.55. The van der Waals surface area contributed by atoms with Gasteiger partial charge in [0.05, 0.1) is 25.9 Å². The van der Waals surface area contributed by atoms with E-state index in [0.717, 1.165) is 25.9 Å². The number of carbonyl (C=O) groups is 1. The van der Waals surface area contributed by atoms with E-state index in [1.54, 1.807) is 4.90 Å². The first-order valence-corrected chi connectivity index (χ1v) is 6.68. The molecule has 6 heteroatoms. The monoisotopic (exact) mass is 258 g/mol. The van der Waals surface area contributed by atoms with Crippen LogP contribution in [-0.2, 0) is 14.2 Å². The van der Waals surface area contributed by atoms with Crippen LogP contribution < -0.4 is 5.32 Å². The van der Waals surface area contributed by atoms with E-state index in [2.05, 4.69) is 5.32 Å². The maximum absolute atomic E-state index is 11.6. The fourth-order valence-corrected chi connectivity index (χ4v) is 2.14. The molecule has 0 aromatic heterocycles. The van der Waals surface area contributed by atoms with Gasteiger partial charge in [0.2, 0.25) is 0 Å². The summed E-state index contributed by atoms with van der Waals surface area (Å²) in [7, 11) is 0. The average molecular weight is 258 g/mol. The SMILES string of the molecule is O=C(OCCO[C@H]1CCCNC1)N1CCOCC1. The van der Waals surface area contributed by atoms with Crippen LogP contribution in [0.3, 0.4) is 0 Å². The fraction of sp³-hybridized carbons (Fsp3) is 0.917. The summed E-state index contributed by atoms with van der Waals surface area (Å²) in [5, 5.41) is 3.28. The number of nitrogens with zero attached hydrogens (tertiary/aromatic N) is 1. The Hall–Kier alpha value is -0.850. The number of ether oxygens (including phenoxy) is 3. The molecular weight excluding hydrogens is 236 g/mol. The Morgan fingerprint density at radius 1 is 1.33 bits per heavy atom. The molecule has 0 aromatic carbocycles. The lowest BCUT2D eigenvalue weighted by Gasteiger charge is -2.26. The van der Waals surface area contributed by atoms with Gasteiger partial charge in [-0.25, -0.2) is 4.79 Å². The van der Waals surface area contributed by atoms with Crippen LogP contribution in [0, 0.1) is 0 Å². The second-order valence-electron chi connectivity index (χ2n) is 4.55. The van der Waals surface area contributed by atoms with Crippen LogP contribution in [-0.4, -0.2) is 69.7 Å². The maximum Gasteiger partial charge on any atom is 0.409 e. The van der Waals surface area contributed by atoms with Gasteiger partial charge in [-0.3, -0.25) is 0 Å². The summed E-state index contributed by atoms with van der Waals surface area (Å²) in [6.07, 6.45) is 2.24. The van der Waals surface area contributed by atoms with Gasteiger partial charge in [0.1, 0.15) is 6.61 Å². The molecule has 1 N–H and O–H groups in total. The first-order chi connectivity index (χ1) is 8.86. The van der Waals surface area contributed by atoms with E-state index in [1.807, 2.05) is 0 Å². The highest BCUT2D eigenvalue weighted by Crippen LogP contribution is 2.06. The summed E-state index contributed by atoms with van der Waals surface area (Å²) in [6.45, 7) is 5.20. The molecule has 2 rings (SSSR count). The third kappa shape index (κ3) is 4.44. The van der Waals surface area contributed by atoms with Gasteiger partial charge in [-0.2, -0.15) is 0 Å². The second kappa shape index (κ2) is 7.56. The standard InChI is InChI=1S/C12H22N2O4/c15-12(14-4-6-16-7-5-14)18-9-8-17-11-2-1-3-13-10-11/h11,13H,1-10H2/t11-/m0/s1. The maximum atomic E-state index is 11.6. The van der Waals surface area contributed by atoms with Crippen LogP contribution in [0.25, 0.3) is 0 Å². The third-order valence-corrected chi connectivity index (χ3v) is 3.18. The topological polar surface area (TPSA) is 60.0 Å². The van der Waals surface area contributed by atoms with E-state index in [4.69, 9.17) is 14.2 Å². The number of rotatable bonds is 4. The summed E-state index contributed by atoms with van der Waals surface area (Å²) in [5.74, 6) is 0. The number of hydrogen-bond donors (Lipinski definition) is 1. The molecule has 0 saturated carbocycles. The first kappa shape index (κ1) is 13.6. The lowest BCUT2D eigenvalue weighted by molar-refractivity contribution is -0.00605. The smallest absolute Gasteiger partial charge is 0.409 e. The lowest BCUT2D eigenvalue weighted by atomic mass is 10.1. The number of morpholine rings is 1. The Morgan fingerprint density at radius 2 is 2.17 bits per heavy atom. The van der Waals surface area contributed by atoms with Crippen molar-refractivity contribution in [3.63, 3.8) is 0 Å². The van der Waals surface area contributed by atoms with Crippen LogP contribution in [0.2, 0.25) is 0 Å². The van der Waals surface area contributed by atoms with Crippen LogP contribution in [0.5, 0.6) is 0 Å². The molecule has 2 fully saturated rings. The quantitative estimate of drug-likeness (QED) is 0.731. The predicted molar refractivity (Wildman–Crippen MR) is 65.6 cm³/mol. The molecule has 104 valence electrons. The summed E-state index contributed by atoms with van der Waals surface area (Å²) >= 11 is 0. The van der Waals surface area contributed by atoms with Gasteiger partial charge in [-0.05, 0) is 19.4 Å². The van der Waals surface area contributed by atoms with Crippen molar-refractivity contribution in [1.29, 1.82) is 0 Å². The molecule has 1 amide bonds. The molecule has 0 aromatic rings. The zero-order valence-electron chi connectivity index (χ0n) is 10.7. The van der Waals surface area contributed by atoms with Crippen molar-refractivity contribution in [3.05, 3.63) is 0 Å². The van der Waals surface area contributed by atoms with Gasteiger partial charge in [-0.15, -0.1) is 0 Å². The summed E-state index contributed by atoms with van der Waals surface area (Å²) in [5.41, 5.74) is 0. The van der Waals surface area contributed by atoms with E-state index in [0.29, 0.717) is 39.5 Å². The summed E-state index contributed by atoms with van der Waals surface area (Å²) < 4.78 is 16.0. The Bertz CT molecular complexity index is 250. The number of nitrogens with one attached hydrogen (secondary N) is 1. The summed E-state index contributed by atoms with van der Waals surface area (Å²) in [4.78, 5) is 13.3. The van der Waals surface area contributed by atoms with Crippen molar-refractivity contribution in [2.45, 2.75) is 18.9 Å². The van der Waals surface area contributed by atoms with Crippen LogP contribution in [0.4, 0.5) is 4.79 Å². The van der Waals surface area contributed by atoms with Crippen molar-refractivity contribution >= 4 is 6.09 Å². The Labute approximate surface area is 108 Å². The average Bonchev–Trinajstić information content (AvgIpc) is 2.45. The molecule has 6 nitrogen and oxygen atoms in total. The van der Waals surface area contributed by atoms with Crippen molar-refractivity contribution in [3.8, 4) is 0 Å². The first-order valence-electron chi connectivity index (χ1n) is 6.68. The van der Waals surface area contributed by atoms with Gasteiger partial charge in [0.15, 0.2) is 0 Å². The number of amides is 1. The van der Waals surface area contributed by atoms with Gasteiger partial charge in [0, 0.05) is 19.6 Å². The lowest BCUT2D eigenvalue weighted by Crippen LogP contribution is -2.41. The van der Waals surface area contributed by atoms with E-state index >= 15 is 0 Å². The number of piperidine rings is 1. The minimum absolute atomic E-state index is 0.260. The molecule has 2 aliphatic rings. The molecule has 2 saturated heterocycles. The molecule has 18 heavy (non-hydrogen) atoms. The highest BCUT2D eigenvalue weighted by Gasteiger charge is 2.18. The van der Waals surface area contributed by atoms with Gasteiger partial charge in [0.25, 0.3) is 0 Å². The van der Waals surface area contributed by atoms with E-state index in [1.165, 1.54) is 0 Å². The van der Waals surface area contributed by atoms with E-state index < -0.39 is 0 Å². The Kier molecular flexibility index (Phi) is 5.70. The van der Waals surface area contributed by atoms with Crippen LogP contribution in [0.15, 0.2) is 0 Å². The molecule has 2 aliphatic heterocycles. The minimum Gasteiger partial charge on any atom is -0.447 e. The van der Waals surface area contributed by atoms with Crippen LogP contribution >= 0.6 is 0 Å². The normalized spacial score (nSPS) is 24.9.